The second-order valence-electron chi connectivity index (χ2n) is 5.66. The number of aromatic nitrogens is 2. The van der Waals surface area contributed by atoms with Crippen molar-refractivity contribution in [2.45, 2.75) is 18.0 Å². The van der Waals surface area contributed by atoms with E-state index in [1.54, 1.807) is 25.2 Å². The van der Waals surface area contributed by atoms with Crippen molar-refractivity contribution in [3.63, 3.8) is 0 Å². The third-order valence-corrected chi connectivity index (χ3v) is 6.02. The summed E-state index contributed by atoms with van der Waals surface area (Å²) in [6.45, 7) is 0.278. The number of benzene rings is 1. The minimum Gasteiger partial charge on any atom is -0.340 e. The molecule has 0 aliphatic carbocycles. The SMILES string of the molecule is CN(Cc1ccc(Cl)c(Cl)c1)C(=O)Cn1cc(S(=O)(=O)N(C)C)cn1. The second kappa shape index (κ2) is 7.74. The van der Waals surface area contributed by atoms with E-state index >= 15 is 0 Å². The van der Waals surface area contributed by atoms with Gasteiger partial charge >= 0.3 is 0 Å². The number of amides is 1. The highest BCUT2D eigenvalue weighted by molar-refractivity contribution is 7.89. The number of likely N-dealkylation sites (N-methyl/N-ethyl adjacent to an activating group) is 1. The first kappa shape index (κ1) is 19.7. The van der Waals surface area contributed by atoms with Gasteiger partial charge in [0.1, 0.15) is 11.4 Å². The first-order valence-corrected chi connectivity index (χ1v) is 9.43. The number of rotatable bonds is 6. The molecule has 0 saturated carbocycles. The summed E-state index contributed by atoms with van der Waals surface area (Å²) in [6.07, 6.45) is 2.56. The molecular formula is C15H18Cl2N4O3S. The van der Waals surface area contributed by atoms with Gasteiger partial charge in [-0.15, -0.1) is 0 Å². The van der Waals surface area contributed by atoms with E-state index in [4.69, 9.17) is 23.2 Å². The van der Waals surface area contributed by atoms with Crippen LogP contribution in [0.25, 0.3) is 0 Å². The third kappa shape index (κ3) is 4.72. The number of halogens is 2. The zero-order valence-electron chi connectivity index (χ0n) is 14.0. The zero-order chi connectivity index (χ0) is 18.8. The van der Waals surface area contributed by atoms with E-state index in [2.05, 4.69) is 5.10 Å². The monoisotopic (exact) mass is 404 g/mol. The van der Waals surface area contributed by atoms with Crippen molar-refractivity contribution in [2.24, 2.45) is 0 Å². The first-order valence-electron chi connectivity index (χ1n) is 7.24. The maximum Gasteiger partial charge on any atom is 0.245 e. The van der Waals surface area contributed by atoms with Crippen LogP contribution in [0.4, 0.5) is 0 Å². The fourth-order valence-electron chi connectivity index (χ4n) is 2.03. The Morgan fingerprint density at radius 1 is 1.20 bits per heavy atom. The summed E-state index contributed by atoms with van der Waals surface area (Å²) < 4.78 is 26.4. The standard InChI is InChI=1S/C15H18Cl2N4O3S/c1-19(2)25(23,24)12-7-18-21(9-12)10-15(22)20(3)8-11-4-5-13(16)14(17)6-11/h4-7,9H,8,10H2,1-3H3. The Bertz CT molecular complexity index is 881. The van der Waals surface area contributed by atoms with Gasteiger partial charge in [-0.05, 0) is 17.7 Å². The Morgan fingerprint density at radius 2 is 1.88 bits per heavy atom. The number of nitrogens with zero attached hydrogens (tertiary/aromatic N) is 4. The van der Waals surface area contributed by atoms with Crippen molar-refractivity contribution in [3.05, 3.63) is 46.2 Å². The summed E-state index contributed by atoms with van der Waals surface area (Å²) in [6, 6.07) is 5.15. The maximum absolute atomic E-state index is 12.3. The van der Waals surface area contributed by atoms with E-state index in [0.29, 0.717) is 16.6 Å². The molecule has 1 amide bonds. The highest BCUT2D eigenvalue weighted by Gasteiger charge is 2.20. The lowest BCUT2D eigenvalue weighted by atomic mass is 10.2. The van der Waals surface area contributed by atoms with Gasteiger partial charge in [0.2, 0.25) is 15.9 Å². The van der Waals surface area contributed by atoms with Gasteiger partial charge < -0.3 is 4.90 Å². The van der Waals surface area contributed by atoms with Crippen LogP contribution >= 0.6 is 23.2 Å². The zero-order valence-corrected chi connectivity index (χ0v) is 16.3. The van der Waals surface area contributed by atoms with E-state index in [0.717, 1.165) is 9.87 Å². The van der Waals surface area contributed by atoms with Gasteiger partial charge in [-0.3, -0.25) is 9.48 Å². The molecule has 1 aromatic heterocycles. The molecule has 0 spiro atoms. The largest absolute Gasteiger partial charge is 0.340 e. The number of hydrogen-bond donors (Lipinski definition) is 0. The van der Waals surface area contributed by atoms with Crippen LogP contribution in [0.15, 0.2) is 35.5 Å². The summed E-state index contributed by atoms with van der Waals surface area (Å²) in [7, 11) is 0.940. The first-order chi connectivity index (χ1) is 11.6. The molecule has 25 heavy (non-hydrogen) atoms. The number of carbonyl (C=O) groups is 1. The molecule has 1 aromatic carbocycles. The molecule has 1 heterocycles. The lowest BCUT2D eigenvalue weighted by Crippen LogP contribution is -2.30. The van der Waals surface area contributed by atoms with Crippen LogP contribution in [0.5, 0.6) is 0 Å². The van der Waals surface area contributed by atoms with Gasteiger partial charge in [0, 0.05) is 33.9 Å². The molecule has 2 rings (SSSR count). The Morgan fingerprint density at radius 3 is 2.48 bits per heavy atom. The lowest BCUT2D eigenvalue weighted by molar-refractivity contribution is -0.131. The van der Waals surface area contributed by atoms with Gasteiger partial charge in [-0.2, -0.15) is 5.10 Å². The molecular weight excluding hydrogens is 387 g/mol. The molecule has 0 bridgehead atoms. The highest BCUT2D eigenvalue weighted by atomic mass is 35.5. The van der Waals surface area contributed by atoms with E-state index in [1.165, 1.54) is 36.1 Å². The second-order valence-corrected chi connectivity index (χ2v) is 8.63. The average molecular weight is 405 g/mol. The molecule has 0 aliphatic heterocycles. The molecule has 0 N–H and O–H groups in total. The number of sulfonamides is 1. The minimum absolute atomic E-state index is 0.0393. The normalized spacial score (nSPS) is 11.8. The van der Waals surface area contributed by atoms with Gasteiger partial charge in [0.25, 0.3) is 0 Å². The molecule has 2 aromatic rings. The molecule has 10 heteroatoms. The Kier molecular flexibility index (Phi) is 6.10. The van der Waals surface area contributed by atoms with Crippen LogP contribution in [0.2, 0.25) is 10.0 Å². The number of carbonyl (C=O) groups excluding carboxylic acids is 1. The van der Waals surface area contributed by atoms with Gasteiger partial charge in [0.15, 0.2) is 0 Å². The molecule has 136 valence electrons. The van der Waals surface area contributed by atoms with Crippen LogP contribution in [0.1, 0.15) is 5.56 Å². The van der Waals surface area contributed by atoms with E-state index in [9.17, 15) is 13.2 Å². The molecule has 7 nitrogen and oxygen atoms in total. The Labute approximate surface area is 156 Å². The van der Waals surface area contributed by atoms with Crippen molar-refractivity contribution >= 4 is 39.1 Å². The summed E-state index contributed by atoms with van der Waals surface area (Å²) in [5.74, 6) is -0.219. The van der Waals surface area contributed by atoms with E-state index in [-0.39, 0.29) is 17.3 Å². The smallest absolute Gasteiger partial charge is 0.245 e. The molecule has 0 radical (unpaired) electrons. The maximum atomic E-state index is 12.3. The van der Waals surface area contributed by atoms with Gasteiger partial charge in [-0.1, -0.05) is 29.3 Å². The summed E-state index contributed by atoms with van der Waals surface area (Å²) in [5.41, 5.74) is 0.835. The van der Waals surface area contributed by atoms with Crippen molar-refractivity contribution in [2.75, 3.05) is 21.1 Å². The molecule has 0 aliphatic rings. The fraction of sp³-hybridized carbons (Fsp3) is 0.333. The van der Waals surface area contributed by atoms with Crippen LogP contribution < -0.4 is 0 Å². The van der Waals surface area contributed by atoms with E-state index in [1.807, 2.05) is 0 Å². The summed E-state index contributed by atoms with van der Waals surface area (Å²) >= 11 is 11.8. The van der Waals surface area contributed by atoms with Crippen molar-refractivity contribution in [1.82, 2.24) is 19.0 Å². The van der Waals surface area contributed by atoms with Crippen molar-refractivity contribution in [1.29, 1.82) is 0 Å². The topological polar surface area (TPSA) is 75.5 Å². The fourth-order valence-corrected chi connectivity index (χ4v) is 3.21. The lowest BCUT2D eigenvalue weighted by Gasteiger charge is -2.17. The summed E-state index contributed by atoms with van der Waals surface area (Å²) in [4.78, 5) is 13.8. The molecule has 0 unspecified atom stereocenters. The molecule has 0 saturated heterocycles. The Hall–Kier alpha value is -1.61. The molecule has 0 atom stereocenters. The van der Waals surface area contributed by atoms with Crippen LogP contribution in [0.3, 0.4) is 0 Å². The van der Waals surface area contributed by atoms with Crippen molar-refractivity contribution < 1.29 is 13.2 Å². The highest BCUT2D eigenvalue weighted by Crippen LogP contribution is 2.23. The van der Waals surface area contributed by atoms with E-state index < -0.39 is 10.0 Å². The predicted octanol–water partition coefficient (Wildman–Crippen LogP) is 2.10. The summed E-state index contributed by atoms with van der Waals surface area (Å²) in [5, 5.41) is 4.82. The van der Waals surface area contributed by atoms with Crippen molar-refractivity contribution in [3.8, 4) is 0 Å². The average Bonchev–Trinajstić information content (AvgIpc) is 3.00. The van der Waals surface area contributed by atoms with Crippen LogP contribution in [-0.2, 0) is 27.9 Å². The Balaban J connectivity index is 2.04. The van der Waals surface area contributed by atoms with Crippen LogP contribution in [-0.4, -0.2) is 54.5 Å². The third-order valence-electron chi connectivity index (χ3n) is 3.51. The van der Waals surface area contributed by atoms with Crippen LogP contribution in [0, 0.1) is 0 Å². The quantitative estimate of drug-likeness (QED) is 0.738. The predicted molar refractivity (Wildman–Crippen MR) is 96.0 cm³/mol. The molecule has 0 fully saturated rings. The minimum atomic E-state index is -3.57. The number of hydrogen-bond acceptors (Lipinski definition) is 4. The van der Waals surface area contributed by atoms with Gasteiger partial charge in [0.05, 0.1) is 16.2 Å². The van der Waals surface area contributed by atoms with Gasteiger partial charge in [-0.25, -0.2) is 12.7 Å².